The topological polar surface area (TPSA) is 83.8 Å². The molecule has 2 N–H and O–H groups in total. The van der Waals surface area contributed by atoms with Crippen molar-refractivity contribution in [3.8, 4) is 0 Å². The summed E-state index contributed by atoms with van der Waals surface area (Å²) in [5, 5.41) is 18.5. The van der Waals surface area contributed by atoms with Crippen LogP contribution in [0.2, 0.25) is 0 Å². The third-order valence-electron chi connectivity index (χ3n) is 7.83. The summed E-state index contributed by atoms with van der Waals surface area (Å²) in [5.41, 5.74) is 0. The summed E-state index contributed by atoms with van der Waals surface area (Å²) in [6, 6.07) is 0. The van der Waals surface area contributed by atoms with Crippen molar-refractivity contribution >= 4 is 11.8 Å². The number of carbonyl (C=O) groups is 2. The van der Waals surface area contributed by atoms with Gasteiger partial charge in [-0.3, -0.25) is 9.59 Å². The van der Waals surface area contributed by atoms with Gasteiger partial charge in [0.25, 0.3) is 0 Å². The van der Waals surface area contributed by atoms with Crippen LogP contribution in [-0.2, 0) is 14.3 Å². The van der Waals surface area contributed by atoms with Gasteiger partial charge in [0.2, 0.25) is 0 Å². The van der Waals surface area contributed by atoms with Crippen LogP contribution in [0, 0.1) is 5.92 Å². The zero-order valence-corrected chi connectivity index (χ0v) is 26.5. The molecule has 5 heteroatoms. The fourth-order valence-electron chi connectivity index (χ4n) is 5.12. The van der Waals surface area contributed by atoms with Gasteiger partial charge in [-0.15, -0.1) is 0 Å². The second kappa shape index (κ2) is 30.8. The number of Topliss-reactive ketones (excluding diaryl/α,β-unsaturated/α-hetero) is 1. The molecule has 0 aromatic carbocycles. The highest BCUT2D eigenvalue weighted by Gasteiger charge is 2.27. The van der Waals surface area contributed by atoms with Gasteiger partial charge in [0.1, 0.15) is 24.4 Å². The molecule has 0 aliphatic heterocycles. The average Bonchev–Trinajstić information content (AvgIpc) is 2.96. The quantitative estimate of drug-likeness (QED) is 0.0378. The molecular formula is C35H66O5. The maximum absolute atomic E-state index is 12.9. The normalized spacial score (nSPS) is 13.1. The molecule has 0 saturated carbocycles. The zero-order chi connectivity index (χ0) is 29.5. The molecule has 0 radical (unpaired) electrons. The monoisotopic (exact) mass is 566 g/mol. The number of aliphatic hydroxyl groups excluding tert-OH is 2. The number of unbranched alkanes of at least 4 members (excludes halogenated alkanes) is 20. The van der Waals surface area contributed by atoms with Crippen LogP contribution in [0.25, 0.3) is 0 Å². The van der Waals surface area contributed by atoms with Crippen LogP contribution in [0.3, 0.4) is 0 Å². The van der Waals surface area contributed by atoms with Crippen LogP contribution in [0.5, 0.6) is 0 Å². The first kappa shape index (κ1) is 38.8. The lowest BCUT2D eigenvalue weighted by Gasteiger charge is -2.16. The maximum Gasteiger partial charge on any atom is 0.316 e. The van der Waals surface area contributed by atoms with Crippen LogP contribution < -0.4 is 0 Å². The van der Waals surface area contributed by atoms with Crippen molar-refractivity contribution in [2.45, 2.75) is 180 Å². The van der Waals surface area contributed by atoms with E-state index in [-0.39, 0.29) is 12.4 Å². The number of ether oxygens (including phenoxy) is 1. The highest BCUT2D eigenvalue weighted by atomic mass is 16.5. The van der Waals surface area contributed by atoms with Gasteiger partial charge in [0, 0.05) is 6.42 Å². The van der Waals surface area contributed by atoms with E-state index in [0.717, 1.165) is 51.4 Å². The van der Waals surface area contributed by atoms with E-state index in [1.807, 2.05) is 0 Å². The Morgan fingerprint density at radius 1 is 0.625 bits per heavy atom. The number of rotatable bonds is 31. The van der Waals surface area contributed by atoms with Gasteiger partial charge in [-0.2, -0.15) is 0 Å². The van der Waals surface area contributed by atoms with E-state index in [1.54, 1.807) is 0 Å². The summed E-state index contributed by atoms with van der Waals surface area (Å²) >= 11 is 0. The van der Waals surface area contributed by atoms with Crippen LogP contribution >= 0.6 is 0 Å². The van der Waals surface area contributed by atoms with Crippen LogP contribution in [0.1, 0.15) is 174 Å². The summed E-state index contributed by atoms with van der Waals surface area (Å²) < 4.78 is 5.18. The van der Waals surface area contributed by atoms with E-state index in [1.165, 1.54) is 96.3 Å². The van der Waals surface area contributed by atoms with Gasteiger partial charge in [-0.05, 0) is 38.5 Å². The Morgan fingerprint density at radius 3 is 1.55 bits per heavy atom. The van der Waals surface area contributed by atoms with Gasteiger partial charge in [-0.1, -0.05) is 142 Å². The third kappa shape index (κ3) is 25.7. The highest BCUT2D eigenvalue weighted by molar-refractivity contribution is 5.98. The Labute approximate surface area is 247 Å². The fraction of sp³-hybridized carbons (Fsp3) is 0.886. The number of esters is 1. The van der Waals surface area contributed by atoms with Crippen molar-refractivity contribution in [1.82, 2.24) is 0 Å². The molecule has 0 bridgehead atoms. The van der Waals surface area contributed by atoms with Crippen LogP contribution in [-0.4, -0.2) is 41.3 Å². The molecule has 0 spiro atoms. The molecule has 0 fully saturated rings. The predicted octanol–water partition coefficient (Wildman–Crippen LogP) is 9.42. The molecule has 236 valence electrons. The van der Waals surface area contributed by atoms with E-state index in [2.05, 4.69) is 26.0 Å². The van der Waals surface area contributed by atoms with Gasteiger partial charge < -0.3 is 14.9 Å². The molecule has 0 aromatic rings. The molecule has 0 aliphatic carbocycles. The minimum atomic E-state index is -1.10. The van der Waals surface area contributed by atoms with Gasteiger partial charge in [0.05, 0.1) is 6.61 Å². The summed E-state index contributed by atoms with van der Waals surface area (Å²) in [6.07, 6.45) is 32.3. The van der Waals surface area contributed by atoms with Crippen molar-refractivity contribution in [2.75, 3.05) is 13.2 Å². The minimum absolute atomic E-state index is 0.0300. The second-order valence-corrected chi connectivity index (χ2v) is 11.8. The van der Waals surface area contributed by atoms with E-state index < -0.39 is 24.6 Å². The van der Waals surface area contributed by atoms with Gasteiger partial charge in [0.15, 0.2) is 0 Å². The molecule has 0 aromatic heterocycles. The Bertz CT molecular complexity index is 588. The first-order valence-corrected chi connectivity index (χ1v) is 17.2. The molecule has 2 atom stereocenters. The summed E-state index contributed by atoms with van der Waals surface area (Å²) in [5.74, 6) is -1.32. The number of aliphatic hydroxyl groups is 2. The highest BCUT2D eigenvalue weighted by Crippen LogP contribution is 2.19. The van der Waals surface area contributed by atoms with Crippen LogP contribution in [0.15, 0.2) is 12.2 Å². The Morgan fingerprint density at radius 2 is 1.05 bits per heavy atom. The lowest BCUT2D eigenvalue weighted by Crippen LogP contribution is -2.30. The summed E-state index contributed by atoms with van der Waals surface area (Å²) in [7, 11) is 0. The Balaban J connectivity index is 4.12. The molecule has 5 nitrogen and oxygen atoms in total. The van der Waals surface area contributed by atoms with E-state index in [9.17, 15) is 14.7 Å². The lowest BCUT2D eigenvalue weighted by atomic mass is 9.93. The van der Waals surface area contributed by atoms with E-state index in [4.69, 9.17) is 9.84 Å². The molecule has 0 amide bonds. The molecule has 2 unspecified atom stereocenters. The molecule has 0 aliphatic rings. The van der Waals surface area contributed by atoms with Crippen molar-refractivity contribution in [3.05, 3.63) is 12.2 Å². The number of ketones is 1. The van der Waals surface area contributed by atoms with Crippen LogP contribution in [0.4, 0.5) is 0 Å². The number of hydrogen-bond donors (Lipinski definition) is 2. The smallest absolute Gasteiger partial charge is 0.316 e. The molecular weight excluding hydrogens is 500 g/mol. The number of allylic oxidation sites excluding steroid dienone is 2. The second-order valence-electron chi connectivity index (χ2n) is 11.8. The third-order valence-corrected chi connectivity index (χ3v) is 7.83. The predicted molar refractivity (Wildman–Crippen MR) is 168 cm³/mol. The summed E-state index contributed by atoms with van der Waals surface area (Å²) in [4.78, 5) is 25.5. The molecule has 0 saturated heterocycles. The fourth-order valence-corrected chi connectivity index (χ4v) is 5.12. The van der Waals surface area contributed by atoms with E-state index >= 15 is 0 Å². The van der Waals surface area contributed by atoms with Crippen molar-refractivity contribution in [2.24, 2.45) is 5.92 Å². The van der Waals surface area contributed by atoms with Crippen molar-refractivity contribution in [1.29, 1.82) is 0 Å². The first-order valence-electron chi connectivity index (χ1n) is 17.2. The SMILES string of the molecule is CCCCCCC=CCCCCCCC(C(=O)CCCCCCCCCCCCCCC)C(=O)OCC(O)CO. The minimum Gasteiger partial charge on any atom is -0.462 e. The van der Waals surface area contributed by atoms with Gasteiger partial charge in [-0.25, -0.2) is 0 Å². The standard InChI is InChI=1S/C35H66O5/c1-3-5-7-9-11-13-15-17-19-21-23-25-27-29-34(38)33(35(39)40-31-32(37)30-36)28-26-24-22-20-18-16-14-12-10-8-6-4-2/h14,16,32-33,36-37H,3-13,15,17-31H2,1-2H3. The Hall–Kier alpha value is -1.20. The first-order chi connectivity index (χ1) is 19.6. The Kier molecular flexibility index (Phi) is 29.8. The molecule has 0 rings (SSSR count). The van der Waals surface area contributed by atoms with E-state index in [0.29, 0.717) is 12.8 Å². The number of carbonyl (C=O) groups excluding carboxylic acids is 2. The van der Waals surface area contributed by atoms with Crippen molar-refractivity contribution < 1.29 is 24.5 Å². The van der Waals surface area contributed by atoms with Gasteiger partial charge >= 0.3 is 5.97 Å². The zero-order valence-electron chi connectivity index (χ0n) is 26.5. The van der Waals surface area contributed by atoms with Crippen molar-refractivity contribution in [3.63, 3.8) is 0 Å². The lowest BCUT2D eigenvalue weighted by molar-refractivity contribution is -0.155. The molecule has 40 heavy (non-hydrogen) atoms. The number of hydrogen-bond acceptors (Lipinski definition) is 5. The molecule has 0 heterocycles. The largest absolute Gasteiger partial charge is 0.462 e. The average molecular weight is 567 g/mol. The maximum atomic E-state index is 12.9. The summed E-state index contributed by atoms with van der Waals surface area (Å²) in [6.45, 7) is 3.77.